The maximum absolute atomic E-state index is 10.7. The summed E-state index contributed by atoms with van der Waals surface area (Å²) in [5.41, 5.74) is 0.459. The third-order valence-corrected chi connectivity index (χ3v) is 0.896. The number of hydrogen-bond donors (Lipinski definition) is 1. The van der Waals surface area contributed by atoms with E-state index in [4.69, 9.17) is 14.9 Å². The Kier molecular flexibility index (Phi) is 9.44. The lowest BCUT2D eigenvalue weighted by atomic mass is 10.2. The number of carbonyl (C=O) groups excluding carboxylic acids is 2. The van der Waals surface area contributed by atoms with Gasteiger partial charge < -0.3 is 4.74 Å². The van der Waals surface area contributed by atoms with Crippen LogP contribution in [0.15, 0.2) is 12.2 Å². The zero-order valence-electron chi connectivity index (χ0n) is 8.22. The summed E-state index contributed by atoms with van der Waals surface area (Å²) in [6, 6.07) is 0. The molecule has 0 radical (unpaired) electrons. The van der Waals surface area contributed by atoms with Gasteiger partial charge in [0, 0.05) is 5.57 Å². The molecule has 0 aliphatic rings. The lowest BCUT2D eigenvalue weighted by Crippen LogP contribution is -2.09. The van der Waals surface area contributed by atoms with E-state index in [0.29, 0.717) is 18.1 Å². The van der Waals surface area contributed by atoms with E-state index in [9.17, 15) is 4.79 Å². The summed E-state index contributed by atoms with van der Waals surface area (Å²) in [5.74, 6) is 0.0944. The predicted octanol–water partition coefficient (Wildman–Crippen LogP) is 1.66. The molecule has 0 rings (SSSR count). The van der Waals surface area contributed by atoms with Gasteiger partial charge in [0.05, 0.1) is 6.61 Å². The van der Waals surface area contributed by atoms with Gasteiger partial charge >= 0.3 is 5.97 Å². The second-order valence-corrected chi connectivity index (χ2v) is 2.87. The Bertz CT molecular complexity index is 203. The number of carbonyl (C=O) groups is 1. The zero-order chi connectivity index (χ0) is 10.9. The van der Waals surface area contributed by atoms with Crippen LogP contribution in [0, 0.1) is 11.3 Å². The first-order chi connectivity index (χ1) is 5.95. The molecule has 0 aromatic heterocycles. The summed E-state index contributed by atoms with van der Waals surface area (Å²) < 4.78 is 4.83. The van der Waals surface area contributed by atoms with E-state index in [1.54, 1.807) is 6.92 Å². The molecule has 0 atom stereocenters. The van der Waals surface area contributed by atoms with Gasteiger partial charge in [0.1, 0.15) is 0 Å². The Morgan fingerprint density at radius 2 is 2.00 bits per heavy atom. The smallest absolute Gasteiger partial charge is 0.333 e. The molecule has 0 saturated heterocycles. The van der Waals surface area contributed by atoms with E-state index in [0.717, 1.165) is 6.08 Å². The Morgan fingerprint density at radius 3 is 2.23 bits per heavy atom. The third-order valence-electron chi connectivity index (χ3n) is 0.896. The highest BCUT2D eigenvalue weighted by atomic mass is 16.5. The highest BCUT2D eigenvalue weighted by Crippen LogP contribution is 1.97. The average molecular weight is 185 g/mol. The van der Waals surface area contributed by atoms with Crippen molar-refractivity contribution < 1.29 is 14.3 Å². The highest BCUT2D eigenvalue weighted by molar-refractivity contribution is 5.86. The normalized spacial score (nSPS) is 8.00. The van der Waals surface area contributed by atoms with Gasteiger partial charge in [-0.25, -0.2) is 15.0 Å². The largest absolute Gasteiger partial charge is 0.462 e. The Morgan fingerprint density at radius 1 is 1.62 bits per heavy atom. The molecule has 4 heteroatoms. The molecule has 0 bridgehead atoms. The van der Waals surface area contributed by atoms with Gasteiger partial charge in [-0.2, -0.15) is 0 Å². The number of rotatable bonds is 3. The van der Waals surface area contributed by atoms with Crippen molar-refractivity contribution in [2.45, 2.75) is 20.8 Å². The number of nitrogens with one attached hydrogen (secondary N) is 1. The van der Waals surface area contributed by atoms with E-state index < -0.39 is 0 Å². The molecular weight excluding hydrogens is 170 g/mol. The summed E-state index contributed by atoms with van der Waals surface area (Å²) in [6.45, 7) is 9.56. The van der Waals surface area contributed by atoms with Crippen molar-refractivity contribution in [1.82, 2.24) is 0 Å². The monoisotopic (exact) mass is 185 g/mol. The summed E-state index contributed by atoms with van der Waals surface area (Å²) in [6.07, 6.45) is 0.750. The van der Waals surface area contributed by atoms with Crippen LogP contribution in [0.25, 0.3) is 0 Å². The molecule has 0 unspecified atom stereocenters. The Labute approximate surface area is 78.1 Å². The van der Waals surface area contributed by atoms with Crippen LogP contribution < -0.4 is 0 Å². The molecule has 0 heterocycles. The first kappa shape index (κ1) is 14.1. The van der Waals surface area contributed by atoms with E-state index in [-0.39, 0.29) is 5.97 Å². The summed E-state index contributed by atoms with van der Waals surface area (Å²) in [5, 5.41) is 5.40. The van der Waals surface area contributed by atoms with Gasteiger partial charge in [0.25, 0.3) is 0 Å². The van der Waals surface area contributed by atoms with E-state index >= 15 is 0 Å². The molecule has 0 amide bonds. The van der Waals surface area contributed by atoms with Gasteiger partial charge in [0.15, 0.2) is 0 Å². The van der Waals surface area contributed by atoms with Gasteiger partial charge in [-0.1, -0.05) is 20.4 Å². The first-order valence-electron chi connectivity index (χ1n) is 3.82. The van der Waals surface area contributed by atoms with Crippen LogP contribution >= 0.6 is 0 Å². The summed E-state index contributed by atoms with van der Waals surface area (Å²) in [4.78, 5) is 19.1. The van der Waals surface area contributed by atoms with Crippen LogP contribution in [0.1, 0.15) is 20.8 Å². The summed E-state index contributed by atoms with van der Waals surface area (Å²) >= 11 is 0. The number of hydrogen-bond acceptors (Lipinski definition) is 4. The molecule has 0 spiro atoms. The van der Waals surface area contributed by atoms with Crippen LogP contribution in [0.5, 0.6) is 0 Å². The minimum absolute atomic E-state index is 0.297. The molecule has 0 saturated carbocycles. The molecule has 1 N–H and O–H groups in total. The first-order valence-corrected chi connectivity index (χ1v) is 3.82. The van der Waals surface area contributed by atoms with Crippen LogP contribution in [-0.4, -0.2) is 18.7 Å². The fourth-order valence-electron chi connectivity index (χ4n) is 0.366. The standard InChI is InChI=1S/C8H14O2.CHNO/c1-6(2)5-10-8(9)7(3)4;2-1-3/h6H,3,5H2,1-2,4H3;2H. The van der Waals surface area contributed by atoms with Crippen molar-refractivity contribution >= 4 is 12.0 Å². The van der Waals surface area contributed by atoms with Crippen molar-refractivity contribution in [2.75, 3.05) is 6.61 Å². The van der Waals surface area contributed by atoms with Gasteiger partial charge in [-0.05, 0) is 12.8 Å². The van der Waals surface area contributed by atoms with Gasteiger partial charge in [0.2, 0.25) is 6.08 Å². The van der Waals surface area contributed by atoms with Gasteiger partial charge in [-0.3, -0.25) is 0 Å². The van der Waals surface area contributed by atoms with Crippen LogP contribution in [-0.2, 0) is 14.3 Å². The number of esters is 1. The maximum atomic E-state index is 10.7. The fourth-order valence-corrected chi connectivity index (χ4v) is 0.366. The van der Waals surface area contributed by atoms with Crippen molar-refractivity contribution in [3.63, 3.8) is 0 Å². The average Bonchev–Trinajstić information content (AvgIpc) is 2.01. The molecule has 13 heavy (non-hydrogen) atoms. The molecule has 0 aliphatic carbocycles. The predicted molar refractivity (Wildman–Crippen MR) is 49.0 cm³/mol. The number of isocyanates is 1. The molecule has 0 aromatic rings. The summed E-state index contributed by atoms with van der Waals surface area (Å²) in [7, 11) is 0. The fraction of sp³-hybridized carbons (Fsp3) is 0.556. The molecule has 0 aliphatic heterocycles. The van der Waals surface area contributed by atoms with Crippen molar-refractivity contribution in [2.24, 2.45) is 5.92 Å². The third kappa shape index (κ3) is 13.6. The lowest BCUT2D eigenvalue weighted by molar-refractivity contribution is -0.139. The minimum atomic E-state index is -0.297. The lowest BCUT2D eigenvalue weighted by Gasteiger charge is -2.05. The topological polar surface area (TPSA) is 67.2 Å². The second kappa shape index (κ2) is 8.68. The molecule has 0 fully saturated rings. The minimum Gasteiger partial charge on any atom is -0.462 e. The quantitative estimate of drug-likeness (QED) is 0.314. The molecule has 74 valence electrons. The zero-order valence-corrected chi connectivity index (χ0v) is 8.22. The van der Waals surface area contributed by atoms with Crippen molar-refractivity contribution in [3.8, 4) is 0 Å². The Balaban J connectivity index is 0. The van der Waals surface area contributed by atoms with Crippen molar-refractivity contribution in [1.29, 1.82) is 5.41 Å². The van der Waals surface area contributed by atoms with E-state index in [2.05, 4.69) is 6.58 Å². The number of ether oxygens (including phenoxy) is 1. The van der Waals surface area contributed by atoms with E-state index in [1.165, 1.54) is 0 Å². The Hall–Kier alpha value is -1.41. The van der Waals surface area contributed by atoms with Gasteiger partial charge in [-0.15, -0.1) is 0 Å². The second-order valence-electron chi connectivity index (χ2n) is 2.87. The molecule has 4 nitrogen and oxygen atoms in total. The van der Waals surface area contributed by atoms with Crippen LogP contribution in [0.3, 0.4) is 0 Å². The van der Waals surface area contributed by atoms with Crippen LogP contribution in [0.4, 0.5) is 0 Å². The SMILES string of the molecule is C=C(C)C(=O)OCC(C)C.N=C=O. The van der Waals surface area contributed by atoms with E-state index in [1.807, 2.05) is 13.8 Å². The maximum Gasteiger partial charge on any atom is 0.333 e. The molecule has 0 aromatic carbocycles. The molecular formula is C9H15NO3. The van der Waals surface area contributed by atoms with Crippen molar-refractivity contribution in [3.05, 3.63) is 12.2 Å². The highest BCUT2D eigenvalue weighted by Gasteiger charge is 2.03. The van der Waals surface area contributed by atoms with Crippen LogP contribution in [0.2, 0.25) is 0 Å².